The molecule has 1 saturated carbocycles. The van der Waals surface area contributed by atoms with Gasteiger partial charge in [0.1, 0.15) is 5.65 Å². The van der Waals surface area contributed by atoms with Crippen LogP contribution in [-0.2, 0) is 4.79 Å². The summed E-state index contributed by atoms with van der Waals surface area (Å²) in [7, 11) is 0. The second kappa shape index (κ2) is 5.30. The minimum Gasteiger partial charge on any atom is -0.326 e. The maximum atomic E-state index is 12.1. The summed E-state index contributed by atoms with van der Waals surface area (Å²) in [5.41, 5.74) is 3.67. The minimum atomic E-state index is 0.137. The molecule has 3 aromatic rings. The number of imidazole rings is 1. The SMILES string of the molecule is O=C(Nc1cccc(-c2cn3ccccc3n2)c1)C1CCC1. The van der Waals surface area contributed by atoms with Crippen LogP contribution in [0.3, 0.4) is 0 Å². The molecule has 1 aliphatic rings. The van der Waals surface area contributed by atoms with Gasteiger partial charge in [-0.05, 0) is 37.1 Å². The van der Waals surface area contributed by atoms with Crippen LogP contribution in [0.1, 0.15) is 19.3 Å². The molecule has 110 valence electrons. The third kappa shape index (κ3) is 2.37. The number of nitrogens with one attached hydrogen (secondary N) is 1. The van der Waals surface area contributed by atoms with Gasteiger partial charge in [-0.2, -0.15) is 0 Å². The Balaban J connectivity index is 1.61. The summed E-state index contributed by atoms with van der Waals surface area (Å²) in [6, 6.07) is 13.8. The Hall–Kier alpha value is -2.62. The van der Waals surface area contributed by atoms with Crippen molar-refractivity contribution in [1.82, 2.24) is 9.38 Å². The Morgan fingerprint density at radius 3 is 2.86 bits per heavy atom. The predicted molar refractivity (Wildman–Crippen MR) is 86.6 cm³/mol. The molecule has 0 bridgehead atoms. The number of rotatable bonds is 3. The fraction of sp³-hybridized carbons (Fsp3) is 0.222. The highest BCUT2D eigenvalue weighted by molar-refractivity contribution is 5.93. The summed E-state index contributed by atoms with van der Waals surface area (Å²) in [4.78, 5) is 16.7. The highest BCUT2D eigenvalue weighted by atomic mass is 16.1. The van der Waals surface area contributed by atoms with Crippen LogP contribution < -0.4 is 5.32 Å². The number of nitrogens with zero attached hydrogens (tertiary/aromatic N) is 2. The van der Waals surface area contributed by atoms with E-state index in [-0.39, 0.29) is 11.8 Å². The van der Waals surface area contributed by atoms with Gasteiger partial charge in [-0.25, -0.2) is 4.98 Å². The lowest BCUT2D eigenvalue weighted by atomic mass is 9.85. The topological polar surface area (TPSA) is 46.4 Å². The van der Waals surface area contributed by atoms with Crippen LogP contribution in [0.15, 0.2) is 54.9 Å². The van der Waals surface area contributed by atoms with Crippen molar-refractivity contribution in [2.24, 2.45) is 5.92 Å². The van der Waals surface area contributed by atoms with Crippen LogP contribution in [0.4, 0.5) is 5.69 Å². The molecule has 2 heterocycles. The van der Waals surface area contributed by atoms with Crippen LogP contribution in [0.2, 0.25) is 0 Å². The third-order valence-electron chi connectivity index (χ3n) is 4.27. The number of pyridine rings is 1. The second-order valence-electron chi connectivity index (χ2n) is 5.79. The van der Waals surface area contributed by atoms with Gasteiger partial charge in [0.25, 0.3) is 0 Å². The lowest BCUT2D eigenvalue weighted by Gasteiger charge is -2.24. The quantitative estimate of drug-likeness (QED) is 0.799. The highest BCUT2D eigenvalue weighted by Crippen LogP contribution is 2.28. The van der Waals surface area contributed by atoms with Crippen LogP contribution >= 0.6 is 0 Å². The first-order valence-electron chi connectivity index (χ1n) is 7.65. The van der Waals surface area contributed by atoms with Gasteiger partial charge < -0.3 is 9.72 Å². The van der Waals surface area contributed by atoms with Crippen molar-refractivity contribution in [3.8, 4) is 11.3 Å². The Morgan fingerprint density at radius 1 is 1.18 bits per heavy atom. The van der Waals surface area contributed by atoms with Crippen LogP contribution in [0.25, 0.3) is 16.9 Å². The Labute approximate surface area is 128 Å². The molecule has 2 aromatic heterocycles. The number of fused-ring (bicyclic) bond motifs is 1. The van der Waals surface area contributed by atoms with E-state index in [1.54, 1.807) is 0 Å². The standard InChI is InChI=1S/C18H17N3O/c22-18(13-5-3-6-13)19-15-8-4-7-14(11-15)16-12-21-10-2-1-9-17(21)20-16/h1-2,4,7-13H,3,5-6H2,(H,19,22). The van der Waals surface area contributed by atoms with Crippen LogP contribution in [0, 0.1) is 5.92 Å². The van der Waals surface area contributed by atoms with E-state index in [0.717, 1.165) is 35.4 Å². The highest BCUT2D eigenvalue weighted by Gasteiger charge is 2.25. The molecule has 1 fully saturated rings. The normalized spacial score (nSPS) is 14.7. The zero-order chi connectivity index (χ0) is 14.9. The summed E-state index contributed by atoms with van der Waals surface area (Å²) in [6.07, 6.45) is 7.17. The Bertz CT molecular complexity index is 800. The molecule has 0 spiro atoms. The van der Waals surface area contributed by atoms with Gasteiger partial charge in [0.2, 0.25) is 5.91 Å². The summed E-state index contributed by atoms with van der Waals surface area (Å²) in [5.74, 6) is 0.331. The maximum Gasteiger partial charge on any atom is 0.227 e. The molecule has 4 rings (SSSR count). The Morgan fingerprint density at radius 2 is 2.09 bits per heavy atom. The number of hydrogen-bond donors (Lipinski definition) is 1. The first kappa shape index (κ1) is 13.1. The lowest BCUT2D eigenvalue weighted by Crippen LogP contribution is -2.27. The number of benzene rings is 1. The van der Waals surface area contributed by atoms with E-state index >= 15 is 0 Å². The third-order valence-corrected chi connectivity index (χ3v) is 4.27. The zero-order valence-electron chi connectivity index (χ0n) is 12.2. The van der Waals surface area contributed by atoms with Gasteiger partial charge in [0.05, 0.1) is 5.69 Å². The number of anilines is 1. The van der Waals surface area contributed by atoms with Crippen molar-refractivity contribution in [1.29, 1.82) is 0 Å². The van der Waals surface area contributed by atoms with Gasteiger partial charge >= 0.3 is 0 Å². The van der Waals surface area contributed by atoms with E-state index in [1.165, 1.54) is 6.42 Å². The van der Waals surface area contributed by atoms with Gasteiger partial charge in [-0.3, -0.25) is 4.79 Å². The fourth-order valence-corrected chi connectivity index (χ4v) is 2.74. The van der Waals surface area contributed by atoms with Crippen molar-refractivity contribution in [3.63, 3.8) is 0 Å². The predicted octanol–water partition coefficient (Wildman–Crippen LogP) is 3.74. The largest absolute Gasteiger partial charge is 0.326 e. The van der Waals surface area contributed by atoms with Gasteiger partial charge in [-0.15, -0.1) is 0 Å². The van der Waals surface area contributed by atoms with Gasteiger partial charge in [-0.1, -0.05) is 24.6 Å². The molecule has 1 aliphatic carbocycles. The maximum absolute atomic E-state index is 12.1. The molecule has 0 radical (unpaired) electrons. The molecule has 4 heteroatoms. The number of amides is 1. The molecule has 1 aromatic carbocycles. The molecule has 0 unspecified atom stereocenters. The summed E-state index contributed by atoms with van der Waals surface area (Å²) in [6.45, 7) is 0. The monoisotopic (exact) mass is 291 g/mol. The van der Waals surface area contributed by atoms with Crippen molar-refractivity contribution in [3.05, 3.63) is 54.9 Å². The first-order valence-corrected chi connectivity index (χ1v) is 7.65. The average Bonchev–Trinajstić information content (AvgIpc) is 2.89. The number of carbonyl (C=O) groups excluding carboxylic acids is 1. The smallest absolute Gasteiger partial charge is 0.227 e. The zero-order valence-corrected chi connectivity index (χ0v) is 12.2. The van der Waals surface area contributed by atoms with Crippen molar-refractivity contribution < 1.29 is 4.79 Å². The van der Waals surface area contributed by atoms with Crippen LogP contribution in [-0.4, -0.2) is 15.3 Å². The minimum absolute atomic E-state index is 0.137. The van der Waals surface area contributed by atoms with E-state index in [2.05, 4.69) is 10.3 Å². The number of aromatic nitrogens is 2. The summed E-state index contributed by atoms with van der Waals surface area (Å²) in [5, 5.41) is 3.01. The molecular weight excluding hydrogens is 274 g/mol. The second-order valence-corrected chi connectivity index (χ2v) is 5.79. The molecule has 0 aliphatic heterocycles. The Kier molecular flexibility index (Phi) is 3.15. The number of hydrogen-bond acceptors (Lipinski definition) is 2. The van der Waals surface area contributed by atoms with Crippen LogP contribution in [0.5, 0.6) is 0 Å². The van der Waals surface area contributed by atoms with E-state index in [0.29, 0.717) is 0 Å². The molecular formula is C18H17N3O. The van der Waals surface area contributed by atoms with Gasteiger partial charge in [0.15, 0.2) is 0 Å². The molecule has 22 heavy (non-hydrogen) atoms. The molecule has 0 atom stereocenters. The number of carbonyl (C=O) groups is 1. The van der Waals surface area contributed by atoms with E-state index in [1.807, 2.05) is 59.3 Å². The molecule has 1 amide bonds. The van der Waals surface area contributed by atoms with Crippen molar-refractivity contribution in [2.75, 3.05) is 5.32 Å². The van der Waals surface area contributed by atoms with Crippen molar-refractivity contribution in [2.45, 2.75) is 19.3 Å². The van der Waals surface area contributed by atoms with E-state index < -0.39 is 0 Å². The van der Waals surface area contributed by atoms with E-state index in [4.69, 9.17) is 0 Å². The van der Waals surface area contributed by atoms with Crippen molar-refractivity contribution >= 4 is 17.2 Å². The summed E-state index contributed by atoms with van der Waals surface area (Å²) >= 11 is 0. The van der Waals surface area contributed by atoms with Gasteiger partial charge in [0, 0.05) is 29.6 Å². The lowest BCUT2D eigenvalue weighted by molar-refractivity contribution is -0.122. The van der Waals surface area contributed by atoms with E-state index in [9.17, 15) is 4.79 Å². The molecule has 1 N–H and O–H groups in total. The fourth-order valence-electron chi connectivity index (χ4n) is 2.74. The summed E-state index contributed by atoms with van der Waals surface area (Å²) < 4.78 is 1.99. The first-order chi connectivity index (χ1) is 10.8. The molecule has 0 saturated heterocycles. The average molecular weight is 291 g/mol. The molecule has 4 nitrogen and oxygen atoms in total.